The fraction of sp³-hybridized carbons (Fsp3) is 0. The molecule has 84 valence electrons. The first-order valence-electron chi connectivity index (χ1n) is 5.34. The van der Waals surface area contributed by atoms with Crippen LogP contribution in [0.15, 0.2) is 59.6 Å². The van der Waals surface area contributed by atoms with Gasteiger partial charge in [-0.25, -0.2) is 4.99 Å². The molecule has 1 heterocycles. The Bertz CT molecular complexity index is 552. The highest BCUT2D eigenvalue weighted by molar-refractivity contribution is 8.15. The number of anilines is 2. The van der Waals surface area contributed by atoms with Gasteiger partial charge in [-0.15, -0.1) is 0 Å². The molecule has 0 saturated carbocycles. The second-order valence-corrected chi connectivity index (χ2v) is 4.42. The molecule has 3 rings (SSSR count). The maximum atomic E-state index is 4.55. The van der Waals surface area contributed by atoms with Crippen LogP contribution in [0.5, 0.6) is 0 Å². The van der Waals surface area contributed by atoms with Crippen LogP contribution in [-0.2, 0) is 0 Å². The molecule has 0 unspecified atom stereocenters. The molecule has 17 heavy (non-hydrogen) atoms. The molecule has 2 N–H and O–H groups in total. The van der Waals surface area contributed by atoms with Crippen molar-refractivity contribution in [2.45, 2.75) is 0 Å². The monoisotopic (exact) mass is 241 g/mol. The summed E-state index contributed by atoms with van der Waals surface area (Å²) in [6.45, 7) is 0. The number of nitrogens with one attached hydrogen (secondary N) is 2. The van der Waals surface area contributed by atoms with E-state index in [1.807, 2.05) is 54.6 Å². The molecule has 0 fully saturated rings. The summed E-state index contributed by atoms with van der Waals surface area (Å²) in [7, 11) is 0. The van der Waals surface area contributed by atoms with Crippen molar-refractivity contribution in [1.82, 2.24) is 0 Å². The van der Waals surface area contributed by atoms with Crippen LogP contribution in [0.1, 0.15) is 0 Å². The number of benzene rings is 2. The van der Waals surface area contributed by atoms with Gasteiger partial charge in [-0.05, 0) is 24.3 Å². The Morgan fingerprint density at radius 3 is 2.59 bits per heavy atom. The SMILES string of the molecule is c1ccc(NC2=Nc3ccccc3NS2)cc1. The average Bonchev–Trinajstić information content (AvgIpc) is 2.40. The molecule has 0 aromatic heterocycles. The first kappa shape index (κ1) is 10.2. The summed E-state index contributed by atoms with van der Waals surface area (Å²) in [5, 5.41) is 4.13. The highest BCUT2D eigenvalue weighted by Crippen LogP contribution is 2.32. The third-order valence-electron chi connectivity index (χ3n) is 2.41. The number of nitrogens with zero attached hydrogens (tertiary/aromatic N) is 1. The molecule has 1 aliphatic heterocycles. The minimum absolute atomic E-state index is 0.856. The summed E-state index contributed by atoms with van der Waals surface area (Å²) in [5.74, 6) is 0. The summed E-state index contributed by atoms with van der Waals surface area (Å²) >= 11 is 1.49. The first-order chi connectivity index (χ1) is 8.42. The zero-order valence-electron chi connectivity index (χ0n) is 9.05. The normalized spacial score (nSPS) is 13.3. The van der Waals surface area contributed by atoms with Gasteiger partial charge < -0.3 is 10.0 Å². The largest absolute Gasteiger partial charge is 0.333 e. The Morgan fingerprint density at radius 1 is 0.941 bits per heavy atom. The number of rotatable bonds is 1. The lowest BCUT2D eigenvalue weighted by Gasteiger charge is -2.17. The molecule has 0 bridgehead atoms. The predicted molar refractivity (Wildman–Crippen MR) is 74.8 cm³/mol. The summed E-state index contributed by atoms with van der Waals surface area (Å²) in [4.78, 5) is 4.55. The molecule has 0 atom stereocenters. The van der Waals surface area contributed by atoms with Gasteiger partial charge in [0.2, 0.25) is 0 Å². The van der Waals surface area contributed by atoms with E-state index in [0.29, 0.717) is 0 Å². The lowest BCUT2D eigenvalue weighted by molar-refractivity contribution is 1.50. The Hall–Kier alpha value is -1.94. The second kappa shape index (κ2) is 4.51. The molecule has 0 aliphatic carbocycles. The number of hydrogen-bond acceptors (Lipinski definition) is 4. The van der Waals surface area contributed by atoms with Gasteiger partial charge in [0.25, 0.3) is 0 Å². The van der Waals surface area contributed by atoms with Crippen molar-refractivity contribution < 1.29 is 0 Å². The van der Waals surface area contributed by atoms with E-state index < -0.39 is 0 Å². The van der Waals surface area contributed by atoms with Crippen LogP contribution in [0.4, 0.5) is 17.1 Å². The maximum Gasteiger partial charge on any atom is 0.187 e. The van der Waals surface area contributed by atoms with Crippen LogP contribution in [0.3, 0.4) is 0 Å². The van der Waals surface area contributed by atoms with Crippen molar-refractivity contribution in [2.75, 3.05) is 10.0 Å². The van der Waals surface area contributed by atoms with Crippen LogP contribution < -0.4 is 10.0 Å². The molecule has 1 aliphatic rings. The number of fused-ring (bicyclic) bond motifs is 1. The minimum Gasteiger partial charge on any atom is -0.333 e. The quantitative estimate of drug-likeness (QED) is 0.744. The Kier molecular flexibility index (Phi) is 2.71. The summed E-state index contributed by atoms with van der Waals surface area (Å²) < 4.78 is 3.26. The van der Waals surface area contributed by atoms with Gasteiger partial charge in [0.05, 0.1) is 11.4 Å². The first-order valence-corrected chi connectivity index (χ1v) is 6.16. The molecule has 0 amide bonds. The molecule has 0 radical (unpaired) electrons. The van der Waals surface area contributed by atoms with Gasteiger partial charge in [0.1, 0.15) is 0 Å². The molecule has 2 aromatic rings. The maximum absolute atomic E-state index is 4.55. The topological polar surface area (TPSA) is 36.4 Å². The average molecular weight is 241 g/mol. The van der Waals surface area contributed by atoms with Gasteiger partial charge in [-0.2, -0.15) is 0 Å². The molecular formula is C13H11N3S. The van der Waals surface area contributed by atoms with Crippen molar-refractivity contribution in [3.05, 3.63) is 54.6 Å². The van der Waals surface area contributed by atoms with Gasteiger partial charge in [-0.1, -0.05) is 30.3 Å². The smallest absolute Gasteiger partial charge is 0.187 e. The highest BCUT2D eigenvalue weighted by Gasteiger charge is 2.11. The van der Waals surface area contributed by atoms with Crippen LogP contribution in [0.2, 0.25) is 0 Å². The van der Waals surface area contributed by atoms with Crippen LogP contribution >= 0.6 is 11.9 Å². The van der Waals surface area contributed by atoms with Crippen molar-refractivity contribution in [2.24, 2.45) is 4.99 Å². The summed E-state index contributed by atoms with van der Waals surface area (Å²) in [5.41, 5.74) is 3.06. The number of para-hydroxylation sites is 3. The van der Waals surface area contributed by atoms with E-state index in [4.69, 9.17) is 0 Å². The molecule has 0 spiro atoms. The van der Waals surface area contributed by atoms with Crippen molar-refractivity contribution in [1.29, 1.82) is 0 Å². The fourth-order valence-electron chi connectivity index (χ4n) is 1.59. The summed E-state index contributed by atoms with van der Waals surface area (Å²) in [6.07, 6.45) is 0. The Labute approximate surface area is 104 Å². The third kappa shape index (κ3) is 2.26. The number of aliphatic imine (C=N–C) groups is 1. The lowest BCUT2D eigenvalue weighted by atomic mass is 10.3. The summed E-state index contributed by atoms with van der Waals surface area (Å²) in [6, 6.07) is 18.0. The Balaban J connectivity index is 1.85. The van der Waals surface area contributed by atoms with Gasteiger partial charge in [0.15, 0.2) is 5.17 Å². The molecule has 3 nitrogen and oxygen atoms in total. The van der Waals surface area contributed by atoms with Crippen LogP contribution in [0, 0.1) is 0 Å². The fourth-order valence-corrected chi connectivity index (χ4v) is 2.28. The standard InChI is InChI=1S/C13H11N3S/c1-2-6-10(7-3-1)14-13-15-11-8-4-5-9-12(11)16-17-13/h1-9,16H,(H,14,15). The molecular weight excluding hydrogens is 230 g/mol. The van der Waals surface area contributed by atoms with Gasteiger partial charge in [-0.3, -0.25) is 0 Å². The van der Waals surface area contributed by atoms with E-state index in [1.54, 1.807) is 0 Å². The van der Waals surface area contributed by atoms with Crippen molar-refractivity contribution in [3.63, 3.8) is 0 Å². The third-order valence-corrected chi connectivity index (χ3v) is 3.12. The van der Waals surface area contributed by atoms with Crippen molar-refractivity contribution >= 4 is 34.2 Å². The van der Waals surface area contributed by atoms with Gasteiger partial charge >= 0.3 is 0 Å². The number of hydrogen-bond donors (Lipinski definition) is 2. The van der Waals surface area contributed by atoms with E-state index >= 15 is 0 Å². The predicted octanol–water partition coefficient (Wildman–Crippen LogP) is 3.86. The zero-order chi connectivity index (χ0) is 11.5. The van der Waals surface area contributed by atoms with E-state index in [0.717, 1.165) is 22.2 Å². The second-order valence-electron chi connectivity index (χ2n) is 3.63. The highest BCUT2D eigenvalue weighted by atomic mass is 32.2. The van der Waals surface area contributed by atoms with Gasteiger partial charge in [0, 0.05) is 17.6 Å². The number of amidine groups is 1. The molecule has 0 saturated heterocycles. The van der Waals surface area contributed by atoms with E-state index in [1.165, 1.54) is 11.9 Å². The molecule has 2 aromatic carbocycles. The van der Waals surface area contributed by atoms with E-state index in [2.05, 4.69) is 15.0 Å². The minimum atomic E-state index is 0.856. The van der Waals surface area contributed by atoms with Crippen molar-refractivity contribution in [3.8, 4) is 0 Å². The van der Waals surface area contributed by atoms with E-state index in [-0.39, 0.29) is 0 Å². The van der Waals surface area contributed by atoms with Crippen LogP contribution in [-0.4, -0.2) is 5.17 Å². The lowest BCUT2D eigenvalue weighted by Crippen LogP contribution is -2.12. The Morgan fingerprint density at radius 2 is 1.71 bits per heavy atom. The zero-order valence-corrected chi connectivity index (χ0v) is 9.87. The van der Waals surface area contributed by atoms with Crippen LogP contribution in [0.25, 0.3) is 0 Å². The van der Waals surface area contributed by atoms with E-state index in [9.17, 15) is 0 Å². The molecule has 4 heteroatoms.